The number of ether oxygens (including phenoxy) is 1. The van der Waals surface area contributed by atoms with E-state index in [1.165, 1.54) is 24.8 Å². The minimum absolute atomic E-state index is 0.188. The summed E-state index contributed by atoms with van der Waals surface area (Å²) in [6, 6.07) is 8.41. The monoisotopic (exact) mass is 344 g/mol. The number of fused-ring (bicyclic) bond motifs is 2. The fourth-order valence-electron chi connectivity index (χ4n) is 4.87. The molecular formula is C21H32N2O2. The third kappa shape index (κ3) is 4.00. The first-order valence-electron chi connectivity index (χ1n) is 9.81. The summed E-state index contributed by atoms with van der Waals surface area (Å²) in [6.45, 7) is 6.94. The molecule has 138 valence electrons. The molecule has 2 saturated carbocycles. The molecule has 1 aromatic carbocycles. The summed E-state index contributed by atoms with van der Waals surface area (Å²) in [5.74, 6) is 2.83. The molecule has 0 saturated heterocycles. The maximum absolute atomic E-state index is 12.7. The number of amides is 1. The van der Waals surface area contributed by atoms with Crippen molar-refractivity contribution in [2.24, 2.45) is 17.8 Å². The zero-order valence-corrected chi connectivity index (χ0v) is 15.8. The van der Waals surface area contributed by atoms with Crippen LogP contribution < -0.4 is 10.1 Å². The van der Waals surface area contributed by atoms with Gasteiger partial charge in [0.05, 0.1) is 13.2 Å². The van der Waals surface area contributed by atoms with Crippen LogP contribution in [0, 0.1) is 17.8 Å². The van der Waals surface area contributed by atoms with Gasteiger partial charge in [-0.25, -0.2) is 0 Å². The topological polar surface area (TPSA) is 41.6 Å². The highest BCUT2D eigenvalue weighted by Crippen LogP contribution is 2.48. The van der Waals surface area contributed by atoms with Crippen molar-refractivity contribution in [3.63, 3.8) is 0 Å². The number of benzene rings is 1. The van der Waals surface area contributed by atoms with Crippen molar-refractivity contribution in [3.8, 4) is 5.75 Å². The molecule has 2 aliphatic rings. The van der Waals surface area contributed by atoms with Gasteiger partial charge in [0.2, 0.25) is 5.91 Å². The van der Waals surface area contributed by atoms with Gasteiger partial charge in [-0.1, -0.05) is 32.4 Å². The lowest BCUT2D eigenvalue weighted by atomic mass is 9.88. The molecule has 1 amide bonds. The molecule has 1 aromatic rings. The Morgan fingerprint density at radius 1 is 1.28 bits per heavy atom. The first-order chi connectivity index (χ1) is 12.2. The van der Waals surface area contributed by atoms with Gasteiger partial charge in [-0.05, 0) is 61.9 Å². The van der Waals surface area contributed by atoms with E-state index in [0.29, 0.717) is 12.5 Å². The molecule has 1 N–H and O–H groups in total. The molecule has 0 aromatic heterocycles. The molecule has 4 heteroatoms. The molecule has 0 heterocycles. The third-order valence-corrected chi connectivity index (χ3v) is 6.28. The van der Waals surface area contributed by atoms with Gasteiger partial charge in [-0.15, -0.1) is 0 Å². The number of carbonyl (C=O) groups is 1. The number of rotatable bonds is 8. The molecule has 2 fully saturated rings. The third-order valence-electron chi connectivity index (χ3n) is 6.28. The minimum Gasteiger partial charge on any atom is -0.497 e. The fourth-order valence-corrected chi connectivity index (χ4v) is 4.87. The van der Waals surface area contributed by atoms with E-state index < -0.39 is 0 Å². The van der Waals surface area contributed by atoms with Crippen LogP contribution in [0.1, 0.15) is 51.1 Å². The lowest BCUT2D eigenvalue weighted by molar-refractivity contribution is -0.126. The van der Waals surface area contributed by atoms with Gasteiger partial charge in [0.15, 0.2) is 0 Å². The van der Waals surface area contributed by atoms with E-state index in [1.807, 2.05) is 12.1 Å². The summed E-state index contributed by atoms with van der Waals surface area (Å²) >= 11 is 0. The predicted octanol–water partition coefficient (Wildman–Crippen LogP) is 3.63. The van der Waals surface area contributed by atoms with Crippen molar-refractivity contribution < 1.29 is 9.53 Å². The molecule has 3 rings (SSSR count). The number of nitrogens with one attached hydrogen (secondary N) is 1. The molecule has 4 unspecified atom stereocenters. The van der Waals surface area contributed by atoms with Crippen LogP contribution in [0.5, 0.6) is 5.75 Å². The van der Waals surface area contributed by atoms with Crippen LogP contribution in [0.25, 0.3) is 0 Å². The molecule has 2 bridgehead atoms. The van der Waals surface area contributed by atoms with Crippen molar-refractivity contribution >= 4 is 5.91 Å². The van der Waals surface area contributed by atoms with Crippen LogP contribution in [0.4, 0.5) is 0 Å². The highest BCUT2D eigenvalue weighted by molar-refractivity contribution is 5.79. The van der Waals surface area contributed by atoms with Gasteiger partial charge in [0, 0.05) is 12.5 Å². The summed E-state index contributed by atoms with van der Waals surface area (Å²) in [4.78, 5) is 15.1. The van der Waals surface area contributed by atoms with E-state index in [0.717, 1.165) is 31.2 Å². The predicted molar refractivity (Wildman–Crippen MR) is 101 cm³/mol. The zero-order chi connectivity index (χ0) is 17.8. The number of carbonyl (C=O) groups excluding carboxylic acids is 1. The molecule has 0 radical (unpaired) electrons. The van der Waals surface area contributed by atoms with Crippen molar-refractivity contribution in [1.29, 1.82) is 0 Å². The molecule has 0 spiro atoms. The smallest absolute Gasteiger partial charge is 0.223 e. The number of methoxy groups -OCH3 is 1. The number of nitrogens with zero attached hydrogens (tertiary/aromatic N) is 1. The second kappa shape index (κ2) is 8.22. The van der Waals surface area contributed by atoms with Crippen molar-refractivity contribution in [1.82, 2.24) is 10.2 Å². The Balaban J connectivity index is 1.68. The first-order valence-corrected chi connectivity index (χ1v) is 9.81. The van der Waals surface area contributed by atoms with Crippen molar-refractivity contribution in [2.45, 2.75) is 45.6 Å². The van der Waals surface area contributed by atoms with Gasteiger partial charge in [0.1, 0.15) is 5.75 Å². The van der Waals surface area contributed by atoms with Gasteiger partial charge >= 0.3 is 0 Å². The summed E-state index contributed by atoms with van der Waals surface area (Å²) in [5.41, 5.74) is 1.20. The van der Waals surface area contributed by atoms with Crippen LogP contribution >= 0.6 is 0 Å². The Morgan fingerprint density at radius 2 is 2.08 bits per heavy atom. The van der Waals surface area contributed by atoms with Crippen LogP contribution in [0.3, 0.4) is 0 Å². The molecular weight excluding hydrogens is 312 g/mol. The number of hydrogen-bond acceptors (Lipinski definition) is 3. The molecule has 25 heavy (non-hydrogen) atoms. The van der Waals surface area contributed by atoms with E-state index in [2.05, 4.69) is 36.2 Å². The Hall–Kier alpha value is -1.55. The maximum Gasteiger partial charge on any atom is 0.223 e. The zero-order valence-electron chi connectivity index (χ0n) is 15.8. The highest BCUT2D eigenvalue weighted by atomic mass is 16.5. The van der Waals surface area contributed by atoms with Gasteiger partial charge in [-0.2, -0.15) is 0 Å². The Morgan fingerprint density at radius 3 is 2.68 bits per heavy atom. The van der Waals surface area contributed by atoms with Crippen molar-refractivity contribution in [3.05, 3.63) is 29.8 Å². The minimum atomic E-state index is 0.188. The SMILES string of the molecule is CCN(CC)C(CNC(=O)C1CC2CCC1C2)c1cccc(OC)c1. The van der Waals surface area contributed by atoms with E-state index >= 15 is 0 Å². The first kappa shape index (κ1) is 18.2. The van der Waals surface area contributed by atoms with Crippen LogP contribution in [0.2, 0.25) is 0 Å². The van der Waals surface area contributed by atoms with Gasteiger partial charge in [-0.3, -0.25) is 9.69 Å². The Bertz CT molecular complexity index is 585. The van der Waals surface area contributed by atoms with Crippen molar-refractivity contribution in [2.75, 3.05) is 26.7 Å². The number of likely N-dealkylation sites (N-methyl/N-ethyl adjacent to an activating group) is 1. The maximum atomic E-state index is 12.7. The summed E-state index contributed by atoms with van der Waals surface area (Å²) in [6.07, 6.45) is 4.96. The molecule has 4 atom stereocenters. The van der Waals surface area contributed by atoms with Crippen LogP contribution in [-0.2, 0) is 4.79 Å². The van der Waals surface area contributed by atoms with Gasteiger partial charge in [0.25, 0.3) is 0 Å². The lowest BCUT2D eigenvalue weighted by Gasteiger charge is -2.31. The molecule has 2 aliphatic carbocycles. The second-order valence-corrected chi connectivity index (χ2v) is 7.54. The normalized spacial score (nSPS) is 26.0. The molecule has 0 aliphatic heterocycles. The van der Waals surface area contributed by atoms with E-state index in [1.54, 1.807) is 7.11 Å². The lowest BCUT2D eigenvalue weighted by Crippen LogP contribution is -2.41. The van der Waals surface area contributed by atoms with E-state index in [4.69, 9.17) is 4.74 Å². The standard InChI is InChI=1S/C21H32N2O2/c1-4-23(5-2)20(17-7-6-8-18(13-17)25-3)14-22-21(24)19-12-15-9-10-16(19)11-15/h6-8,13,15-16,19-20H,4-5,9-12,14H2,1-3H3,(H,22,24). The van der Waals surface area contributed by atoms with Crippen LogP contribution in [-0.4, -0.2) is 37.6 Å². The Labute approximate surface area is 151 Å². The summed E-state index contributed by atoms with van der Waals surface area (Å²) in [7, 11) is 1.70. The summed E-state index contributed by atoms with van der Waals surface area (Å²) in [5, 5.41) is 3.27. The largest absolute Gasteiger partial charge is 0.497 e. The average Bonchev–Trinajstić information content (AvgIpc) is 3.28. The highest BCUT2D eigenvalue weighted by Gasteiger charge is 2.43. The summed E-state index contributed by atoms with van der Waals surface area (Å²) < 4.78 is 5.39. The average molecular weight is 344 g/mol. The molecule has 4 nitrogen and oxygen atoms in total. The Kier molecular flexibility index (Phi) is 6.00. The number of hydrogen-bond donors (Lipinski definition) is 1. The van der Waals surface area contributed by atoms with E-state index in [9.17, 15) is 4.79 Å². The quantitative estimate of drug-likeness (QED) is 0.783. The van der Waals surface area contributed by atoms with Gasteiger partial charge < -0.3 is 10.1 Å². The second-order valence-electron chi connectivity index (χ2n) is 7.54. The van der Waals surface area contributed by atoms with E-state index in [-0.39, 0.29) is 17.9 Å². The fraction of sp³-hybridized carbons (Fsp3) is 0.667. The van der Waals surface area contributed by atoms with Crippen LogP contribution in [0.15, 0.2) is 24.3 Å².